The molecule has 2 aromatic carbocycles. The van der Waals surface area contributed by atoms with Crippen LogP contribution in [0.2, 0.25) is 0 Å². The minimum absolute atomic E-state index is 0. The van der Waals surface area contributed by atoms with Gasteiger partial charge in [-0.15, -0.1) is 12.4 Å². The van der Waals surface area contributed by atoms with Crippen molar-refractivity contribution in [2.75, 3.05) is 24.4 Å². The number of likely N-dealkylation sites (tertiary alicyclic amines) is 1. The van der Waals surface area contributed by atoms with Crippen molar-refractivity contribution in [2.24, 2.45) is 11.1 Å². The molecule has 9 heteroatoms. The summed E-state index contributed by atoms with van der Waals surface area (Å²) in [7, 11) is -3.95. The Morgan fingerprint density at radius 3 is 2.43 bits per heavy atom. The third kappa shape index (κ3) is 4.63. The fourth-order valence-electron chi connectivity index (χ4n) is 3.07. The summed E-state index contributed by atoms with van der Waals surface area (Å²) in [4.78, 5) is 14.3. The van der Waals surface area contributed by atoms with Gasteiger partial charge in [0.25, 0.3) is 15.9 Å². The van der Waals surface area contributed by atoms with Crippen LogP contribution in [0.15, 0.2) is 53.4 Å². The van der Waals surface area contributed by atoms with Gasteiger partial charge in [0.15, 0.2) is 0 Å². The first-order valence-corrected chi connectivity index (χ1v) is 10.1. The molecule has 1 heterocycles. The summed E-state index contributed by atoms with van der Waals surface area (Å²) in [6, 6.07) is 11.1. The second kappa shape index (κ2) is 8.46. The van der Waals surface area contributed by atoms with Gasteiger partial charge in [-0.3, -0.25) is 9.52 Å². The van der Waals surface area contributed by atoms with Gasteiger partial charge in [-0.25, -0.2) is 12.8 Å². The molecule has 0 radical (unpaired) electrons. The molecule has 1 aliphatic heterocycles. The number of hydrogen-bond acceptors (Lipinski definition) is 4. The molecule has 3 rings (SSSR count). The Balaban J connectivity index is 0.00000280. The van der Waals surface area contributed by atoms with E-state index in [1.807, 2.05) is 6.92 Å². The number of para-hydroxylation sites is 1. The largest absolute Gasteiger partial charge is 0.338 e. The molecule has 1 atom stereocenters. The van der Waals surface area contributed by atoms with Crippen LogP contribution in [0.5, 0.6) is 0 Å². The average Bonchev–Trinajstić information content (AvgIpc) is 3.06. The molecular weight excluding hydrogens is 405 g/mol. The summed E-state index contributed by atoms with van der Waals surface area (Å²) >= 11 is 0. The van der Waals surface area contributed by atoms with E-state index in [0.717, 1.165) is 6.42 Å². The molecule has 1 saturated heterocycles. The van der Waals surface area contributed by atoms with E-state index in [0.29, 0.717) is 25.2 Å². The Bertz CT molecular complexity index is 953. The number of hydrogen-bond donors (Lipinski definition) is 2. The lowest BCUT2D eigenvalue weighted by Crippen LogP contribution is -2.34. The summed E-state index contributed by atoms with van der Waals surface area (Å²) in [6.07, 6.45) is 0.842. The van der Waals surface area contributed by atoms with E-state index >= 15 is 0 Å². The van der Waals surface area contributed by atoms with E-state index in [-0.39, 0.29) is 34.3 Å². The van der Waals surface area contributed by atoms with Gasteiger partial charge >= 0.3 is 0 Å². The van der Waals surface area contributed by atoms with Gasteiger partial charge in [0.1, 0.15) is 5.82 Å². The second-order valence-electron chi connectivity index (χ2n) is 7.10. The monoisotopic (exact) mass is 427 g/mol. The standard InChI is InChI=1S/C19H22FN3O3S.ClH/c1-19(12-21)10-11-23(13-19)18(24)14-6-8-15(9-7-14)27(25,26)22-17-5-3-2-4-16(17)20;/h2-9,22H,10-13,21H2,1H3;1H. The van der Waals surface area contributed by atoms with Crippen molar-refractivity contribution in [3.8, 4) is 0 Å². The topological polar surface area (TPSA) is 92.5 Å². The summed E-state index contributed by atoms with van der Waals surface area (Å²) in [5, 5.41) is 0. The fourth-order valence-corrected chi connectivity index (χ4v) is 4.14. The normalized spacial score (nSPS) is 19.2. The number of nitrogens with one attached hydrogen (secondary N) is 1. The molecule has 0 bridgehead atoms. The van der Waals surface area contributed by atoms with Crippen LogP contribution in [0.4, 0.5) is 10.1 Å². The molecular formula is C19H23ClFN3O3S. The lowest BCUT2D eigenvalue weighted by molar-refractivity contribution is 0.0777. The van der Waals surface area contributed by atoms with Crippen LogP contribution >= 0.6 is 12.4 Å². The predicted molar refractivity (Wildman–Crippen MR) is 109 cm³/mol. The van der Waals surface area contributed by atoms with E-state index in [1.165, 1.54) is 48.5 Å². The van der Waals surface area contributed by atoms with Crippen molar-refractivity contribution in [3.63, 3.8) is 0 Å². The minimum Gasteiger partial charge on any atom is -0.338 e. The number of carbonyl (C=O) groups excluding carboxylic acids is 1. The van der Waals surface area contributed by atoms with Gasteiger partial charge in [-0.05, 0) is 54.8 Å². The van der Waals surface area contributed by atoms with Crippen molar-refractivity contribution < 1.29 is 17.6 Å². The molecule has 6 nitrogen and oxygen atoms in total. The Labute approximate surface area is 170 Å². The number of rotatable bonds is 5. The number of nitrogens with zero attached hydrogens (tertiary/aromatic N) is 1. The number of halogens is 2. The Morgan fingerprint density at radius 2 is 1.86 bits per heavy atom. The summed E-state index contributed by atoms with van der Waals surface area (Å²) in [5.74, 6) is -0.817. The molecule has 2 aromatic rings. The molecule has 0 spiro atoms. The summed E-state index contributed by atoms with van der Waals surface area (Å²) in [5.41, 5.74) is 5.97. The molecule has 0 aromatic heterocycles. The molecule has 28 heavy (non-hydrogen) atoms. The first kappa shape index (κ1) is 22.1. The maximum absolute atomic E-state index is 13.7. The van der Waals surface area contributed by atoms with Crippen molar-refractivity contribution in [2.45, 2.75) is 18.2 Å². The minimum atomic E-state index is -3.95. The van der Waals surface area contributed by atoms with Gasteiger partial charge in [0.2, 0.25) is 0 Å². The second-order valence-corrected chi connectivity index (χ2v) is 8.78. The highest BCUT2D eigenvalue weighted by atomic mass is 35.5. The molecule has 0 saturated carbocycles. The van der Waals surface area contributed by atoms with Crippen molar-refractivity contribution >= 4 is 34.0 Å². The molecule has 152 valence electrons. The average molecular weight is 428 g/mol. The number of sulfonamides is 1. The SMILES string of the molecule is CC1(CN)CCN(C(=O)c2ccc(S(=O)(=O)Nc3ccccc3F)cc2)C1.Cl. The quantitative estimate of drug-likeness (QED) is 0.767. The summed E-state index contributed by atoms with van der Waals surface area (Å²) in [6.45, 7) is 3.76. The van der Waals surface area contributed by atoms with Crippen molar-refractivity contribution in [3.05, 3.63) is 59.9 Å². The van der Waals surface area contributed by atoms with Gasteiger partial charge < -0.3 is 10.6 Å². The molecule has 1 fully saturated rings. The molecule has 3 N–H and O–H groups in total. The highest BCUT2D eigenvalue weighted by Gasteiger charge is 2.35. The van der Waals surface area contributed by atoms with Crippen LogP contribution in [-0.2, 0) is 10.0 Å². The fraction of sp³-hybridized carbons (Fsp3) is 0.316. The highest BCUT2D eigenvalue weighted by molar-refractivity contribution is 7.92. The first-order valence-electron chi connectivity index (χ1n) is 8.61. The Hall–Kier alpha value is -2.16. The molecule has 1 unspecified atom stereocenters. The first-order chi connectivity index (χ1) is 12.7. The molecule has 1 amide bonds. The van der Waals surface area contributed by atoms with Crippen LogP contribution in [0.1, 0.15) is 23.7 Å². The van der Waals surface area contributed by atoms with E-state index < -0.39 is 15.8 Å². The van der Waals surface area contributed by atoms with E-state index in [4.69, 9.17) is 5.73 Å². The zero-order chi connectivity index (χ0) is 19.7. The lowest BCUT2D eigenvalue weighted by atomic mass is 9.90. The maximum atomic E-state index is 13.7. The van der Waals surface area contributed by atoms with Gasteiger partial charge in [-0.1, -0.05) is 19.1 Å². The zero-order valence-electron chi connectivity index (χ0n) is 15.4. The Morgan fingerprint density at radius 1 is 1.21 bits per heavy atom. The summed E-state index contributed by atoms with van der Waals surface area (Å²) < 4.78 is 40.8. The lowest BCUT2D eigenvalue weighted by Gasteiger charge is -2.22. The number of nitrogens with two attached hydrogens (primary N) is 1. The number of anilines is 1. The van der Waals surface area contributed by atoms with E-state index in [2.05, 4.69) is 4.72 Å². The van der Waals surface area contributed by atoms with Gasteiger partial charge in [0.05, 0.1) is 10.6 Å². The highest BCUT2D eigenvalue weighted by Crippen LogP contribution is 2.29. The van der Waals surface area contributed by atoms with Crippen LogP contribution in [0.3, 0.4) is 0 Å². The third-order valence-corrected chi connectivity index (χ3v) is 6.25. The number of benzene rings is 2. The van der Waals surface area contributed by atoms with E-state index in [9.17, 15) is 17.6 Å². The van der Waals surface area contributed by atoms with Gasteiger partial charge in [0, 0.05) is 18.7 Å². The Kier molecular flexibility index (Phi) is 6.69. The van der Waals surface area contributed by atoms with Crippen LogP contribution in [0.25, 0.3) is 0 Å². The predicted octanol–water partition coefficient (Wildman–Crippen LogP) is 2.86. The smallest absolute Gasteiger partial charge is 0.261 e. The van der Waals surface area contributed by atoms with Crippen LogP contribution in [-0.4, -0.2) is 38.9 Å². The van der Waals surface area contributed by atoms with Gasteiger partial charge in [-0.2, -0.15) is 0 Å². The number of carbonyl (C=O) groups is 1. The zero-order valence-corrected chi connectivity index (χ0v) is 17.0. The van der Waals surface area contributed by atoms with Crippen molar-refractivity contribution in [1.29, 1.82) is 0 Å². The van der Waals surface area contributed by atoms with E-state index in [1.54, 1.807) is 4.90 Å². The molecule has 0 aliphatic carbocycles. The third-order valence-electron chi connectivity index (χ3n) is 4.87. The number of amides is 1. The van der Waals surface area contributed by atoms with Crippen LogP contribution < -0.4 is 10.5 Å². The maximum Gasteiger partial charge on any atom is 0.261 e. The van der Waals surface area contributed by atoms with Crippen molar-refractivity contribution in [1.82, 2.24) is 4.90 Å². The molecule has 1 aliphatic rings. The van der Waals surface area contributed by atoms with Crippen LogP contribution in [0, 0.1) is 11.2 Å².